The van der Waals surface area contributed by atoms with Crippen LogP contribution in [0.15, 0.2) is 59.1 Å². The Morgan fingerprint density at radius 3 is 2.57 bits per heavy atom. The Bertz CT molecular complexity index is 968. The van der Waals surface area contributed by atoms with E-state index in [4.69, 9.17) is 11.6 Å². The minimum Gasteiger partial charge on any atom is -0.325 e. The number of halogens is 2. The molecular formula is C20H15ClFN3O2S. The lowest BCUT2D eigenvalue weighted by atomic mass is 9.87. The summed E-state index contributed by atoms with van der Waals surface area (Å²) in [7, 11) is 0. The van der Waals surface area contributed by atoms with Crippen LogP contribution in [0, 0.1) is 17.1 Å². The van der Waals surface area contributed by atoms with Gasteiger partial charge >= 0.3 is 0 Å². The van der Waals surface area contributed by atoms with Crippen LogP contribution in [0.5, 0.6) is 0 Å². The highest BCUT2D eigenvalue weighted by Gasteiger charge is 2.29. The molecule has 0 aliphatic carbocycles. The van der Waals surface area contributed by atoms with Crippen molar-refractivity contribution in [3.05, 3.63) is 75.5 Å². The summed E-state index contributed by atoms with van der Waals surface area (Å²) >= 11 is 6.89. The molecule has 5 nitrogen and oxygen atoms in total. The van der Waals surface area contributed by atoms with Gasteiger partial charge in [-0.3, -0.25) is 9.59 Å². The first-order chi connectivity index (χ1) is 13.5. The molecule has 2 N–H and O–H groups in total. The number of nitriles is 1. The second-order valence-electron chi connectivity index (χ2n) is 6.05. The van der Waals surface area contributed by atoms with Gasteiger partial charge in [-0.05, 0) is 42.0 Å². The first kappa shape index (κ1) is 19.9. The number of nitrogens with zero attached hydrogens (tertiary/aromatic N) is 1. The third kappa shape index (κ3) is 4.91. The number of thioether (sulfide) groups is 1. The molecule has 0 bridgehead atoms. The molecule has 28 heavy (non-hydrogen) atoms. The van der Waals surface area contributed by atoms with Gasteiger partial charge in [0.2, 0.25) is 11.8 Å². The summed E-state index contributed by atoms with van der Waals surface area (Å²) in [5, 5.41) is 15.9. The maximum Gasteiger partial charge on any atom is 0.234 e. The molecule has 0 radical (unpaired) electrons. The summed E-state index contributed by atoms with van der Waals surface area (Å²) in [6, 6.07) is 14.5. The standard InChI is InChI=1S/C20H15ClFN3O2S/c21-13-3-7-15(8-4-13)24-19(27)11-28-20-17(10-23)16(9-18(26)25-20)12-1-5-14(22)6-2-12/h1-8,16H,9,11H2,(H,24,27)(H,25,26)/t16-/m0/s1. The quantitative estimate of drug-likeness (QED) is 0.767. The Hall–Kier alpha value is -2.82. The van der Waals surface area contributed by atoms with Gasteiger partial charge in [-0.1, -0.05) is 35.5 Å². The van der Waals surface area contributed by atoms with E-state index in [0.29, 0.717) is 26.9 Å². The Morgan fingerprint density at radius 1 is 1.25 bits per heavy atom. The number of hydrogen-bond donors (Lipinski definition) is 2. The van der Waals surface area contributed by atoms with Gasteiger partial charge in [-0.15, -0.1) is 0 Å². The van der Waals surface area contributed by atoms with Crippen molar-refractivity contribution in [1.82, 2.24) is 5.32 Å². The van der Waals surface area contributed by atoms with Crippen LogP contribution in [0.2, 0.25) is 5.02 Å². The third-order valence-corrected chi connectivity index (χ3v) is 5.37. The van der Waals surface area contributed by atoms with Crippen LogP contribution < -0.4 is 10.6 Å². The fourth-order valence-corrected chi connectivity index (χ4v) is 3.78. The molecule has 0 fully saturated rings. The van der Waals surface area contributed by atoms with Crippen molar-refractivity contribution in [3.8, 4) is 6.07 Å². The Balaban J connectivity index is 1.73. The van der Waals surface area contributed by atoms with E-state index in [1.54, 1.807) is 36.4 Å². The van der Waals surface area contributed by atoms with Crippen molar-refractivity contribution in [2.45, 2.75) is 12.3 Å². The number of carbonyl (C=O) groups is 2. The second kappa shape index (κ2) is 8.91. The van der Waals surface area contributed by atoms with Gasteiger partial charge in [0.25, 0.3) is 0 Å². The van der Waals surface area contributed by atoms with Gasteiger partial charge in [0.05, 0.1) is 22.4 Å². The van der Waals surface area contributed by atoms with Gasteiger partial charge in [-0.2, -0.15) is 5.26 Å². The van der Waals surface area contributed by atoms with Gasteiger partial charge in [0, 0.05) is 23.0 Å². The highest BCUT2D eigenvalue weighted by atomic mass is 35.5. The minimum absolute atomic E-state index is 0.0134. The molecule has 1 aliphatic heterocycles. The molecule has 0 spiro atoms. The zero-order valence-electron chi connectivity index (χ0n) is 14.5. The number of carbonyl (C=O) groups excluding carboxylic acids is 2. The average molecular weight is 416 g/mol. The van der Waals surface area contributed by atoms with Crippen LogP contribution >= 0.6 is 23.4 Å². The summed E-state index contributed by atoms with van der Waals surface area (Å²) in [6.07, 6.45) is 0.0928. The first-order valence-electron chi connectivity index (χ1n) is 8.34. The van der Waals surface area contributed by atoms with Gasteiger partial charge < -0.3 is 10.6 Å². The van der Waals surface area contributed by atoms with Crippen LogP contribution in [0.25, 0.3) is 0 Å². The van der Waals surface area contributed by atoms with Crippen LogP contribution in [0.3, 0.4) is 0 Å². The summed E-state index contributed by atoms with van der Waals surface area (Å²) < 4.78 is 13.2. The maximum absolute atomic E-state index is 13.2. The second-order valence-corrected chi connectivity index (χ2v) is 7.48. The molecule has 0 saturated carbocycles. The average Bonchev–Trinajstić information content (AvgIpc) is 2.68. The molecule has 2 aromatic carbocycles. The zero-order chi connectivity index (χ0) is 20.1. The molecule has 2 aromatic rings. The topological polar surface area (TPSA) is 82.0 Å². The van der Waals surface area contributed by atoms with Crippen molar-refractivity contribution >= 4 is 40.9 Å². The van der Waals surface area contributed by atoms with Crippen LogP contribution in [0.1, 0.15) is 17.9 Å². The number of anilines is 1. The fraction of sp³-hybridized carbons (Fsp3) is 0.150. The van der Waals surface area contributed by atoms with E-state index in [2.05, 4.69) is 16.7 Å². The number of benzene rings is 2. The Labute approximate surface area is 170 Å². The smallest absolute Gasteiger partial charge is 0.234 e. The molecule has 0 aromatic heterocycles. The molecule has 142 valence electrons. The number of amides is 2. The van der Waals surface area contributed by atoms with Gasteiger partial charge in [0.15, 0.2) is 0 Å². The Kier molecular flexibility index (Phi) is 6.34. The third-order valence-electron chi connectivity index (χ3n) is 4.10. The zero-order valence-corrected chi connectivity index (χ0v) is 16.1. The van der Waals surface area contributed by atoms with E-state index < -0.39 is 5.92 Å². The summed E-state index contributed by atoms with van der Waals surface area (Å²) in [5.41, 5.74) is 1.63. The maximum atomic E-state index is 13.2. The number of nitrogens with one attached hydrogen (secondary N) is 2. The molecule has 8 heteroatoms. The SMILES string of the molecule is N#CC1=C(SCC(=O)Nc2ccc(Cl)cc2)NC(=O)C[C@H]1c1ccc(F)cc1. The molecule has 0 unspecified atom stereocenters. The van der Waals surface area contributed by atoms with Crippen molar-refractivity contribution in [2.24, 2.45) is 0 Å². The summed E-state index contributed by atoms with van der Waals surface area (Å²) in [6.45, 7) is 0. The molecule has 1 heterocycles. The van der Waals surface area contributed by atoms with Crippen molar-refractivity contribution in [2.75, 3.05) is 11.1 Å². The van der Waals surface area contributed by atoms with E-state index in [1.807, 2.05) is 0 Å². The van der Waals surface area contributed by atoms with Crippen molar-refractivity contribution in [1.29, 1.82) is 5.26 Å². The molecule has 1 atom stereocenters. The normalized spacial score (nSPS) is 16.3. The number of allylic oxidation sites excluding steroid dienone is 1. The van der Waals surface area contributed by atoms with Crippen molar-refractivity contribution < 1.29 is 14.0 Å². The van der Waals surface area contributed by atoms with E-state index >= 15 is 0 Å². The lowest BCUT2D eigenvalue weighted by Crippen LogP contribution is -2.31. The lowest BCUT2D eigenvalue weighted by molar-refractivity contribution is -0.121. The van der Waals surface area contributed by atoms with Crippen molar-refractivity contribution in [3.63, 3.8) is 0 Å². The highest BCUT2D eigenvalue weighted by molar-refractivity contribution is 8.03. The molecular weight excluding hydrogens is 401 g/mol. The molecule has 3 rings (SSSR count). The van der Waals surface area contributed by atoms with E-state index in [1.165, 1.54) is 12.1 Å². The fourth-order valence-electron chi connectivity index (χ4n) is 2.78. The molecule has 0 saturated heterocycles. The summed E-state index contributed by atoms with van der Waals surface area (Å²) in [5.74, 6) is -1.38. The predicted molar refractivity (Wildman–Crippen MR) is 107 cm³/mol. The number of hydrogen-bond acceptors (Lipinski definition) is 4. The van der Waals surface area contributed by atoms with Crippen LogP contribution in [0.4, 0.5) is 10.1 Å². The Morgan fingerprint density at radius 2 is 1.93 bits per heavy atom. The van der Waals surface area contributed by atoms with E-state index in [0.717, 1.165) is 11.8 Å². The largest absolute Gasteiger partial charge is 0.325 e. The lowest BCUT2D eigenvalue weighted by Gasteiger charge is -2.25. The molecule has 2 amide bonds. The van der Waals surface area contributed by atoms with Gasteiger partial charge in [0.1, 0.15) is 5.82 Å². The minimum atomic E-state index is -0.471. The molecule has 1 aliphatic rings. The van der Waals surface area contributed by atoms with E-state index in [9.17, 15) is 19.2 Å². The summed E-state index contributed by atoms with van der Waals surface area (Å²) in [4.78, 5) is 24.3. The van der Waals surface area contributed by atoms with Gasteiger partial charge in [-0.25, -0.2) is 4.39 Å². The first-order valence-corrected chi connectivity index (χ1v) is 9.70. The number of rotatable bonds is 5. The van der Waals surface area contributed by atoms with E-state index in [-0.39, 0.29) is 29.8 Å². The van der Waals surface area contributed by atoms with Crippen LogP contribution in [-0.2, 0) is 9.59 Å². The predicted octanol–water partition coefficient (Wildman–Crippen LogP) is 4.19. The highest BCUT2D eigenvalue weighted by Crippen LogP contribution is 2.35. The van der Waals surface area contributed by atoms with Crippen LogP contribution in [-0.4, -0.2) is 17.6 Å². The monoisotopic (exact) mass is 415 g/mol.